The number of carbonyl (C=O) groups excluding carboxylic acids is 1. The first-order valence-corrected chi connectivity index (χ1v) is 5.23. The molecule has 0 saturated carbocycles. The van der Waals surface area contributed by atoms with E-state index in [-0.39, 0.29) is 5.69 Å². The first-order valence-electron chi connectivity index (χ1n) is 4.47. The van der Waals surface area contributed by atoms with Gasteiger partial charge in [-0.2, -0.15) is 0 Å². The molecule has 4 nitrogen and oxygen atoms in total. The lowest BCUT2D eigenvalue weighted by Crippen LogP contribution is -2.00. The number of carbonyl (C=O) groups is 1. The topological polar surface area (TPSA) is 47.8 Å². The Hall–Kier alpha value is -1.39. The van der Waals surface area contributed by atoms with Gasteiger partial charge in [0.05, 0.1) is 11.4 Å². The van der Waals surface area contributed by atoms with Crippen molar-refractivity contribution < 1.29 is 4.79 Å². The highest BCUT2D eigenvalue weighted by atomic mass is 35.5. The van der Waals surface area contributed by atoms with Crippen LogP contribution in [-0.2, 0) is 0 Å². The number of halogens is 2. The van der Waals surface area contributed by atoms with E-state index in [9.17, 15) is 4.79 Å². The van der Waals surface area contributed by atoms with Gasteiger partial charge in [0.25, 0.3) is 5.24 Å². The number of nitrogens with zero attached hydrogens (tertiary/aromatic N) is 3. The largest absolute Gasteiger partial charge is 0.274 e. The zero-order valence-corrected chi connectivity index (χ0v) is 9.83. The zero-order chi connectivity index (χ0) is 11.7. The molecule has 82 valence electrons. The molecule has 1 aromatic carbocycles. The highest BCUT2D eigenvalue weighted by Crippen LogP contribution is 2.16. The van der Waals surface area contributed by atoms with Crippen molar-refractivity contribution in [2.45, 2.75) is 6.92 Å². The second-order valence-electron chi connectivity index (χ2n) is 3.19. The first kappa shape index (κ1) is 11.1. The molecule has 2 rings (SSSR count). The fourth-order valence-corrected chi connectivity index (χ4v) is 1.64. The molecule has 0 spiro atoms. The average molecular weight is 256 g/mol. The second kappa shape index (κ2) is 4.23. The molecule has 0 unspecified atom stereocenters. The molecule has 0 saturated heterocycles. The van der Waals surface area contributed by atoms with E-state index < -0.39 is 5.24 Å². The van der Waals surface area contributed by atoms with Gasteiger partial charge < -0.3 is 0 Å². The summed E-state index contributed by atoms with van der Waals surface area (Å²) in [4.78, 5) is 11.0. The quantitative estimate of drug-likeness (QED) is 0.776. The number of benzene rings is 1. The summed E-state index contributed by atoms with van der Waals surface area (Å²) in [6.45, 7) is 1.73. The molecule has 0 bridgehead atoms. The molecule has 16 heavy (non-hydrogen) atoms. The minimum Gasteiger partial charge on any atom is -0.274 e. The van der Waals surface area contributed by atoms with Crippen molar-refractivity contribution >= 4 is 28.4 Å². The van der Waals surface area contributed by atoms with Crippen molar-refractivity contribution in [1.29, 1.82) is 0 Å². The molecule has 0 aliphatic carbocycles. The number of aromatic nitrogens is 3. The van der Waals surface area contributed by atoms with Crippen molar-refractivity contribution in [3.05, 3.63) is 40.7 Å². The van der Waals surface area contributed by atoms with Gasteiger partial charge in [0.2, 0.25) is 0 Å². The summed E-state index contributed by atoms with van der Waals surface area (Å²) in [6.07, 6.45) is 0. The Kier molecular flexibility index (Phi) is 2.94. The van der Waals surface area contributed by atoms with Crippen LogP contribution in [0.15, 0.2) is 24.3 Å². The van der Waals surface area contributed by atoms with E-state index >= 15 is 0 Å². The summed E-state index contributed by atoms with van der Waals surface area (Å²) in [7, 11) is 0. The van der Waals surface area contributed by atoms with E-state index in [1.54, 1.807) is 31.2 Å². The summed E-state index contributed by atoms with van der Waals surface area (Å²) in [5.74, 6) is 0. The van der Waals surface area contributed by atoms with Gasteiger partial charge in [0.1, 0.15) is 0 Å². The van der Waals surface area contributed by atoms with Crippen LogP contribution in [0, 0.1) is 6.92 Å². The lowest BCUT2D eigenvalue weighted by Gasteiger charge is -2.02. The van der Waals surface area contributed by atoms with Crippen molar-refractivity contribution in [2.75, 3.05) is 0 Å². The standard InChI is InChI=1S/C10H7Cl2N3O/c1-6-9(10(12)16)13-14-15(6)8-4-2-7(11)3-5-8/h2-5H,1H3. The smallest absolute Gasteiger partial charge is 0.274 e. The highest BCUT2D eigenvalue weighted by molar-refractivity contribution is 6.67. The van der Waals surface area contributed by atoms with Crippen molar-refractivity contribution in [3.63, 3.8) is 0 Å². The van der Waals surface area contributed by atoms with Crippen LogP contribution >= 0.6 is 23.2 Å². The summed E-state index contributed by atoms with van der Waals surface area (Å²) >= 11 is 11.1. The summed E-state index contributed by atoms with van der Waals surface area (Å²) in [5, 5.41) is 7.59. The molecule has 0 fully saturated rings. The third kappa shape index (κ3) is 1.94. The SMILES string of the molecule is Cc1c(C(=O)Cl)nnn1-c1ccc(Cl)cc1. The highest BCUT2D eigenvalue weighted by Gasteiger charge is 2.14. The average Bonchev–Trinajstić information content (AvgIpc) is 2.61. The Morgan fingerprint density at radius 2 is 1.94 bits per heavy atom. The molecule has 0 amide bonds. The molecule has 6 heteroatoms. The summed E-state index contributed by atoms with van der Waals surface area (Å²) in [5.41, 5.74) is 1.54. The Balaban J connectivity index is 2.49. The molecule has 0 aliphatic rings. The maximum absolute atomic E-state index is 11.0. The third-order valence-corrected chi connectivity index (χ3v) is 2.58. The first-order chi connectivity index (χ1) is 7.59. The van der Waals surface area contributed by atoms with E-state index in [1.165, 1.54) is 4.68 Å². The Labute approximate surface area is 102 Å². The van der Waals surface area contributed by atoms with Gasteiger partial charge >= 0.3 is 0 Å². The molecular formula is C10H7Cl2N3O. The van der Waals surface area contributed by atoms with E-state index in [0.29, 0.717) is 10.7 Å². The predicted molar refractivity (Wildman–Crippen MR) is 61.3 cm³/mol. The van der Waals surface area contributed by atoms with Crippen molar-refractivity contribution in [3.8, 4) is 5.69 Å². The molecule has 0 aliphatic heterocycles. The van der Waals surface area contributed by atoms with Crippen LogP contribution in [0.1, 0.15) is 16.2 Å². The maximum atomic E-state index is 11.0. The summed E-state index contributed by atoms with van der Waals surface area (Å²) in [6, 6.07) is 7.04. The van der Waals surface area contributed by atoms with Crippen LogP contribution in [0.5, 0.6) is 0 Å². The van der Waals surface area contributed by atoms with Gasteiger partial charge in [0.15, 0.2) is 5.69 Å². The summed E-state index contributed by atoms with van der Waals surface area (Å²) < 4.78 is 1.53. The van der Waals surface area contributed by atoms with Crippen molar-refractivity contribution in [1.82, 2.24) is 15.0 Å². The second-order valence-corrected chi connectivity index (χ2v) is 3.97. The number of hydrogen-bond acceptors (Lipinski definition) is 3. The van der Waals surface area contributed by atoms with Gasteiger partial charge in [-0.15, -0.1) is 5.10 Å². The Bertz CT molecular complexity index is 533. The van der Waals surface area contributed by atoms with Gasteiger partial charge in [-0.1, -0.05) is 16.8 Å². The predicted octanol–water partition coefficient (Wildman–Crippen LogP) is 2.61. The minimum atomic E-state index is -0.613. The fraction of sp³-hybridized carbons (Fsp3) is 0.100. The van der Waals surface area contributed by atoms with Crippen LogP contribution in [0.4, 0.5) is 0 Å². The number of rotatable bonds is 2. The maximum Gasteiger partial charge on any atom is 0.274 e. The molecule has 0 N–H and O–H groups in total. The zero-order valence-electron chi connectivity index (χ0n) is 8.32. The van der Waals surface area contributed by atoms with Crippen LogP contribution in [0.2, 0.25) is 5.02 Å². The monoisotopic (exact) mass is 255 g/mol. The minimum absolute atomic E-state index is 0.164. The molecule has 1 aromatic heterocycles. The normalized spacial score (nSPS) is 10.4. The molecule has 1 heterocycles. The van der Waals surface area contributed by atoms with Crippen LogP contribution in [-0.4, -0.2) is 20.2 Å². The Morgan fingerprint density at radius 3 is 2.44 bits per heavy atom. The van der Waals surface area contributed by atoms with Crippen LogP contribution < -0.4 is 0 Å². The molecule has 0 radical (unpaired) electrons. The van der Waals surface area contributed by atoms with E-state index in [1.807, 2.05) is 0 Å². The Morgan fingerprint density at radius 1 is 1.31 bits per heavy atom. The van der Waals surface area contributed by atoms with Crippen molar-refractivity contribution in [2.24, 2.45) is 0 Å². The van der Waals surface area contributed by atoms with Gasteiger partial charge in [-0.25, -0.2) is 4.68 Å². The van der Waals surface area contributed by atoms with E-state index in [2.05, 4.69) is 10.3 Å². The van der Waals surface area contributed by atoms with E-state index in [4.69, 9.17) is 23.2 Å². The lowest BCUT2D eigenvalue weighted by molar-refractivity contribution is 0.107. The molecular weight excluding hydrogens is 249 g/mol. The fourth-order valence-electron chi connectivity index (χ4n) is 1.34. The van der Waals surface area contributed by atoms with Crippen LogP contribution in [0.25, 0.3) is 5.69 Å². The third-order valence-electron chi connectivity index (χ3n) is 2.15. The van der Waals surface area contributed by atoms with Crippen LogP contribution in [0.3, 0.4) is 0 Å². The molecule has 2 aromatic rings. The van der Waals surface area contributed by atoms with Gasteiger partial charge in [-0.05, 0) is 42.8 Å². The molecule has 0 atom stereocenters. The lowest BCUT2D eigenvalue weighted by atomic mass is 10.3. The van der Waals surface area contributed by atoms with Gasteiger partial charge in [-0.3, -0.25) is 4.79 Å². The van der Waals surface area contributed by atoms with E-state index in [0.717, 1.165) is 5.69 Å². The number of hydrogen-bond donors (Lipinski definition) is 0. The van der Waals surface area contributed by atoms with Gasteiger partial charge in [0, 0.05) is 5.02 Å².